The van der Waals surface area contributed by atoms with Gasteiger partial charge < -0.3 is 10.6 Å². The highest BCUT2D eigenvalue weighted by molar-refractivity contribution is 7.91. The van der Waals surface area contributed by atoms with Crippen LogP contribution in [-0.4, -0.2) is 42.2 Å². The lowest BCUT2D eigenvalue weighted by Crippen LogP contribution is -2.46. The molecule has 1 aliphatic rings. The minimum Gasteiger partial charge on any atom is -0.357 e. The number of hydrogen-bond donors (Lipinski definition) is 3. The van der Waals surface area contributed by atoms with Crippen molar-refractivity contribution in [2.24, 2.45) is 10.1 Å². The van der Waals surface area contributed by atoms with E-state index < -0.39 is 20.8 Å². The lowest BCUT2D eigenvalue weighted by molar-refractivity contribution is 0.413. The molecule has 7 nitrogen and oxygen atoms in total. The maximum absolute atomic E-state index is 12.1. The van der Waals surface area contributed by atoms with Gasteiger partial charge in [0.15, 0.2) is 5.96 Å². The summed E-state index contributed by atoms with van der Waals surface area (Å²) in [6.45, 7) is 5.08. The quantitative estimate of drug-likeness (QED) is 0.457. The summed E-state index contributed by atoms with van der Waals surface area (Å²) >= 11 is 1.14. The highest BCUT2D eigenvalue weighted by atomic mass is 32.2. The molecule has 0 aromatic carbocycles. The number of sulfonamides is 1. The number of thiophene rings is 1. The molecular weight excluding hydrogens is 392 g/mol. The molecule has 0 radical (unpaired) electrons. The van der Waals surface area contributed by atoms with Gasteiger partial charge in [-0.15, -0.1) is 11.3 Å². The number of nitrogens with zero attached hydrogens (tertiary/aromatic N) is 1. The average Bonchev–Trinajstić information content (AvgIpc) is 3.09. The third kappa shape index (κ3) is 6.33. The minimum absolute atomic E-state index is 0.151. The molecule has 0 amide bonds. The van der Waals surface area contributed by atoms with Gasteiger partial charge in [-0.3, -0.25) is 4.21 Å². The monoisotopic (exact) mass is 420 g/mol. The van der Waals surface area contributed by atoms with Crippen molar-refractivity contribution in [3.63, 3.8) is 0 Å². The molecule has 4 N–H and O–H groups in total. The number of rotatable bonds is 7. The van der Waals surface area contributed by atoms with Crippen molar-refractivity contribution in [2.75, 3.05) is 12.3 Å². The van der Waals surface area contributed by atoms with Crippen LogP contribution in [0.1, 0.15) is 44.4 Å². The van der Waals surface area contributed by atoms with Crippen LogP contribution in [0.5, 0.6) is 0 Å². The van der Waals surface area contributed by atoms with Crippen LogP contribution in [0, 0.1) is 0 Å². The predicted octanol–water partition coefficient (Wildman–Crippen LogP) is 1.53. The van der Waals surface area contributed by atoms with Gasteiger partial charge >= 0.3 is 0 Å². The Balaban J connectivity index is 2.00. The highest BCUT2D eigenvalue weighted by Crippen LogP contribution is 2.23. The van der Waals surface area contributed by atoms with E-state index in [0.29, 0.717) is 18.3 Å². The highest BCUT2D eigenvalue weighted by Gasteiger charge is 2.26. The van der Waals surface area contributed by atoms with Gasteiger partial charge in [0.05, 0.1) is 6.54 Å². The Hall–Kier alpha value is -0.970. The van der Waals surface area contributed by atoms with E-state index in [4.69, 9.17) is 5.14 Å². The lowest BCUT2D eigenvalue weighted by Gasteiger charge is -2.30. The summed E-state index contributed by atoms with van der Waals surface area (Å²) in [5.41, 5.74) is 0. The normalized spacial score (nSPS) is 22.8. The van der Waals surface area contributed by atoms with Crippen molar-refractivity contribution in [1.29, 1.82) is 0 Å². The Bertz CT molecular complexity index is 746. The van der Waals surface area contributed by atoms with E-state index in [1.165, 1.54) is 6.07 Å². The number of guanidine groups is 1. The van der Waals surface area contributed by atoms with E-state index in [9.17, 15) is 12.6 Å². The van der Waals surface area contributed by atoms with E-state index in [0.717, 1.165) is 48.4 Å². The molecular formula is C16H28N4O3S3. The van der Waals surface area contributed by atoms with Crippen molar-refractivity contribution in [3.05, 3.63) is 17.0 Å². The zero-order valence-corrected chi connectivity index (χ0v) is 17.7. The summed E-state index contributed by atoms with van der Waals surface area (Å²) in [5, 5.41) is 12.1. The Morgan fingerprint density at radius 1 is 1.38 bits per heavy atom. The first-order valence-corrected chi connectivity index (χ1v) is 12.6. The smallest absolute Gasteiger partial charge is 0.247 e. The van der Waals surface area contributed by atoms with E-state index in [1.807, 2.05) is 13.8 Å². The van der Waals surface area contributed by atoms with Gasteiger partial charge in [-0.05, 0) is 38.3 Å². The zero-order valence-electron chi connectivity index (χ0n) is 15.2. The fourth-order valence-corrected chi connectivity index (χ4v) is 6.07. The van der Waals surface area contributed by atoms with Crippen LogP contribution < -0.4 is 15.8 Å². The van der Waals surface area contributed by atoms with E-state index >= 15 is 0 Å². The van der Waals surface area contributed by atoms with Crippen molar-refractivity contribution in [1.82, 2.24) is 10.6 Å². The predicted molar refractivity (Wildman–Crippen MR) is 108 cm³/mol. The molecule has 1 aromatic heterocycles. The molecule has 148 valence electrons. The summed E-state index contributed by atoms with van der Waals surface area (Å²) in [4.78, 5) is 5.39. The molecule has 26 heavy (non-hydrogen) atoms. The molecule has 3 unspecified atom stereocenters. The molecule has 1 fully saturated rings. The van der Waals surface area contributed by atoms with E-state index in [-0.39, 0.29) is 15.5 Å². The number of primary sulfonamides is 1. The summed E-state index contributed by atoms with van der Waals surface area (Å²) in [6.07, 6.45) is 4.02. The molecule has 3 atom stereocenters. The number of aliphatic imine (C=N–C) groups is 1. The van der Waals surface area contributed by atoms with Crippen LogP contribution in [0.4, 0.5) is 0 Å². The first kappa shape index (κ1) is 21.3. The van der Waals surface area contributed by atoms with Crippen LogP contribution in [0.3, 0.4) is 0 Å². The van der Waals surface area contributed by atoms with Crippen molar-refractivity contribution < 1.29 is 12.6 Å². The van der Waals surface area contributed by atoms with E-state index in [2.05, 4.69) is 15.6 Å². The Labute approximate surface area is 162 Å². The lowest BCUT2D eigenvalue weighted by atomic mass is 9.95. The van der Waals surface area contributed by atoms with Gasteiger partial charge in [0, 0.05) is 39.3 Å². The number of nitrogens with two attached hydrogens (primary N) is 1. The van der Waals surface area contributed by atoms with Crippen LogP contribution >= 0.6 is 11.3 Å². The first-order valence-electron chi connectivity index (χ1n) is 8.87. The molecule has 0 aliphatic heterocycles. The molecule has 10 heteroatoms. The van der Waals surface area contributed by atoms with Gasteiger partial charge in [0.2, 0.25) is 10.0 Å². The van der Waals surface area contributed by atoms with Crippen LogP contribution in [-0.2, 0) is 27.4 Å². The van der Waals surface area contributed by atoms with Crippen molar-refractivity contribution in [3.8, 4) is 0 Å². The van der Waals surface area contributed by atoms with Gasteiger partial charge in [0.25, 0.3) is 0 Å². The third-order valence-electron chi connectivity index (χ3n) is 4.28. The number of hydrogen-bond acceptors (Lipinski definition) is 5. The summed E-state index contributed by atoms with van der Waals surface area (Å²) in [7, 11) is -4.42. The molecule has 2 rings (SSSR count). The number of nitrogens with one attached hydrogen (secondary N) is 2. The molecule has 0 bridgehead atoms. The third-order valence-corrected chi connectivity index (χ3v) is 8.53. The molecule has 1 aromatic rings. The molecule has 1 aliphatic carbocycles. The minimum atomic E-state index is -3.66. The summed E-state index contributed by atoms with van der Waals surface area (Å²) in [6, 6.07) is 3.50. The average molecular weight is 421 g/mol. The Morgan fingerprint density at radius 3 is 2.77 bits per heavy atom. The maximum Gasteiger partial charge on any atom is 0.247 e. The van der Waals surface area contributed by atoms with Crippen molar-refractivity contribution in [2.45, 2.75) is 61.6 Å². The van der Waals surface area contributed by atoms with Gasteiger partial charge in [-0.25, -0.2) is 18.5 Å². The molecule has 1 heterocycles. The molecule has 1 saturated carbocycles. The second-order valence-corrected chi connectivity index (χ2v) is 11.2. The van der Waals surface area contributed by atoms with Crippen LogP contribution in [0.2, 0.25) is 0 Å². The Kier molecular flexibility index (Phi) is 8.05. The largest absolute Gasteiger partial charge is 0.357 e. The second kappa shape index (κ2) is 9.82. The Morgan fingerprint density at radius 2 is 2.15 bits per heavy atom. The summed E-state index contributed by atoms with van der Waals surface area (Å²) in [5.74, 6) is 1.40. The first-order chi connectivity index (χ1) is 12.3. The van der Waals surface area contributed by atoms with Gasteiger partial charge in [0.1, 0.15) is 4.21 Å². The fraction of sp³-hybridized carbons (Fsp3) is 0.688. The fourth-order valence-electron chi connectivity index (χ4n) is 3.02. The van der Waals surface area contributed by atoms with Gasteiger partial charge in [-0.2, -0.15) is 0 Å². The topological polar surface area (TPSA) is 114 Å². The van der Waals surface area contributed by atoms with Crippen LogP contribution in [0.15, 0.2) is 21.3 Å². The summed E-state index contributed by atoms with van der Waals surface area (Å²) < 4.78 is 35.0. The van der Waals surface area contributed by atoms with Crippen LogP contribution in [0.25, 0.3) is 0 Å². The van der Waals surface area contributed by atoms with E-state index in [1.54, 1.807) is 6.07 Å². The maximum atomic E-state index is 12.1. The molecule has 0 spiro atoms. The molecule has 0 saturated heterocycles. The second-order valence-electron chi connectivity index (χ2n) is 6.26. The van der Waals surface area contributed by atoms with Gasteiger partial charge in [-0.1, -0.05) is 13.3 Å². The van der Waals surface area contributed by atoms with Crippen molar-refractivity contribution >= 4 is 38.1 Å². The zero-order chi connectivity index (χ0) is 19.2. The standard InChI is InChI=1S/C16H28N4O3S3/c1-3-18-16(19-11-13-8-9-15(24-13)26(17,22)23)20-12-6-5-7-14(10-12)25(21)4-2/h8-9,12,14H,3-7,10-11H2,1-2H3,(H2,17,22,23)(H2,18,19,20). The SMILES string of the molecule is CCNC(=NCc1ccc(S(N)(=O)=O)s1)NC1CCCC(S(=O)CC)C1.